The molecule has 0 unspecified atom stereocenters. The largest absolute Gasteiger partial charge is 0.497 e. The molecule has 1 aromatic heterocycles. The van der Waals surface area contributed by atoms with E-state index in [0.29, 0.717) is 22.1 Å². The van der Waals surface area contributed by atoms with Gasteiger partial charge in [-0.25, -0.2) is 5.10 Å². The molecule has 6 nitrogen and oxygen atoms in total. The maximum Gasteiger partial charge on any atom is 0.216 e. The summed E-state index contributed by atoms with van der Waals surface area (Å²) < 4.78 is 12.6. The lowest BCUT2D eigenvalue weighted by atomic mass is 10.2. The molecule has 0 amide bonds. The number of rotatable bonds is 5. The topological polar surface area (TPSA) is 64.4 Å². The Morgan fingerprint density at radius 1 is 1.12 bits per heavy atom. The highest BCUT2D eigenvalue weighted by Crippen LogP contribution is 2.23. The SMILES string of the molecule is COc1ccc(/C=N\n2c(-c3ccccc3)n[nH]c2=S)c(OC)c1. The highest BCUT2D eigenvalue weighted by molar-refractivity contribution is 7.71. The van der Waals surface area contributed by atoms with Gasteiger partial charge in [-0.1, -0.05) is 30.3 Å². The zero-order valence-corrected chi connectivity index (χ0v) is 14.1. The predicted octanol–water partition coefficient (Wildman–Crippen LogP) is 3.51. The number of nitrogens with zero attached hydrogens (tertiary/aromatic N) is 3. The Hall–Kier alpha value is -2.93. The van der Waals surface area contributed by atoms with Crippen molar-refractivity contribution in [2.75, 3.05) is 14.2 Å². The van der Waals surface area contributed by atoms with Gasteiger partial charge in [-0.3, -0.25) is 0 Å². The van der Waals surface area contributed by atoms with Crippen molar-refractivity contribution in [3.05, 3.63) is 58.9 Å². The normalized spacial score (nSPS) is 10.9. The zero-order chi connectivity index (χ0) is 16.9. The molecule has 0 radical (unpaired) electrons. The van der Waals surface area contributed by atoms with Crippen LogP contribution in [0.1, 0.15) is 5.56 Å². The predicted molar refractivity (Wildman–Crippen MR) is 95.4 cm³/mol. The monoisotopic (exact) mass is 340 g/mol. The summed E-state index contributed by atoms with van der Waals surface area (Å²) in [5.41, 5.74) is 1.73. The Labute approximate surface area is 144 Å². The highest BCUT2D eigenvalue weighted by Gasteiger charge is 2.08. The molecule has 0 aliphatic rings. The second kappa shape index (κ2) is 7.10. The molecule has 0 spiro atoms. The molecule has 0 saturated heterocycles. The van der Waals surface area contributed by atoms with E-state index in [1.165, 1.54) is 0 Å². The highest BCUT2D eigenvalue weighted by atomic mass is 32.1. The Bertz CT molecular complexity index is 916. The fourth-order valence-corrected chi connectivity index (χ4v) is 2.40. The number of aromatic nitrogens is 3. The van der Waals surface area contributed by atoms with Gasteiger partial charge in [0.1, 0.15) is 11.5 Å². The fourth-order valence-electron chi connectivity index (χ4n) is 2.22. The molecule has 3 rings (SSSR count). The van der Waals surface area contributed by atoms with E-state index in [4.69, 9.17) is 21.7 Å². The molecule has 0 aliphatic carbocycles. The molecule has 0 bridgehead atoms. The van der Waals surface area contributed by atoms with E-state index in [9.17, 15) is 0 Å². The van der Waals surface area contributed by atoms with E-state index in [1.807, 2.05) is 42.5 Å². The minimum atomic E-state index is 0.414. The van der Waals surface area contributed by atoms with Crippen LogP contribution in [-0.4, -0.2) is 35.3 Å². The molecule has 1 heterocycles. The van der Waals surface area contributed by atoms with E-state index in [1.54, 1.807) is 31.2 Å². The van der Waals surface area contributed by atoms with E-state index in [2.05, 4.69) is 15.3 Å². The van der Waals surface area contributed by atoms with Crippen LogP contribution < -0.4 is 9.47 Å². The molecule has 7 heteroatoms. The van der Waals surface area contributed by atoms with Crippen LogP contribution in [-0.2, 0) is 0 Å². The van der Waals surface area contributed by atoms with Crippen LogP contribution in [0.2, 0.25) is 0 Å². The van der Waals surface area contributed by atoms with Gasteiger partial charge >= 0.3 is 0 Å². The second-order valence-electron chi connectivity index (χ2n) is 4.88. The summed E-state index contributed by atoms with van der Waals surface area (Å²) in [4.78, 5) is 0. The third kappa shape index (κ3) is 3.21. The van der Waals surface area contributed by atoms with Crippen molar-refractivity contribution in [2.24, 2.45) is 5.10 Å². The molecule has 122 valence electrons. The summed E-state index contributed by atoms with van der Waals surface area (Å²) in [6.45, 7) is 0. The smallest absolute Gasteiger partial charge is 0.216 e. The van der Waals surface area contributed by atoms with Crippen molar-refractivity contribution in [2.45, 2.75) is 0 Å². The second-order valence-corrected chi connectivity index (χ2v) is 5.27. The van der Waals surface area contributed by atoms with Crippen molar-refractivity contribution < 1.29 is 9.47 Å². The standard InChI is InChI=1S/C17H16N4O2S/c1-22-14-9-8-13(15(10-14)23-2)11-18-21-16(19-20-17(21)24)12-6-4-3-5-7-12/h3-11H,1-2H3,(H,20,24)/b18-11-. The van der Waals surface area contributed by atoms with E-state index in [0.717, 1.165) is 11.1 Å². The number of hydrogen-bond donors (Lipinski definition) is 1. The van der Waals surface area contributed by atoms with Crippen molar-refractivity contribution >= 4 is 18.4 Å². The number of nitrogens with one attached hydrogen (secondary N) is 1. The quantitative estimate of drug-likeness (QED) is 0.570. The van der Waals surface area contributed by atoms with Crippen LogP contribution in [0.3, 0.4) is 0 Å². The molecular formula is C17H16N4O2S. The van der Waals surface area contributed by atoms with Crippen molar-refractivity contribution in [1.82, 2.24) is 14.9 Å². The molecule has 0 saturated carbocycles. The first-order valence-corrected chi connectivity index (χ1v) is 7.63. The van der Waals surface area contributed by atoms with E-state index < -0.39 is 0 Å². The Morgan fingerprint density at radius 3 is 2.62 bits per heavy atom. The Kier molecular flexibility index (Phi) is 4.72. The fraction of sp³-hybridized carbons (Fsp3) is 0.118. The van der Waals surface area contributed by atoms with Crippen LogP contribution in [0.15, 0.2) is 53.6 Å². The summed E-state index contributed by atoms with van der Waals surface area (Å²) in [6, 6.07) is 15.2. The van der Waals surface area contributed by atoms with Crippen LogP contribution in [0.4, 0.5) is 0 Å². The van der Waals surface area contributed by atoms with Crippen molar-refractivity contribution in [1.29, 1.82) is 0 Å². The summed E-state index contributed by atoms with van der Waals surface area (Å²) in [6.07, 6.45) is 1.68. The average Bonchev–Trinajstić information content (AvgIpc) is 3.01. The molecule has 0 atom stereocenters. The summed E-state index contributed by atoms with van der Waals surface area (Å²) >= 11 is 5.27. The lowest BCUT2D eigenvalue weighted by molar-refractivity contribution is 0.394. The molecular weight excluding hydrogens is 324 g/mol. The first kappa shape index (κ1) is 15.9. The van der Waals surface area contributed by atoms with Crippen LogP contribution in [0.25, 0.3) is 11.4 Å². The Balaban J connectivity index is 1.99. The van der Waals surface area contributed by atoms with Gasteiger partial charge in [-0.05, 0) is 24.4 Å². The lowest BCUT2D eigenvalue weighted by Crippen LogP contribution is -1.97. The van der Waals surface area contributed by atoms with Gasteiger partial charge in [-0.2, -0.15) is 14.9 Å². The molecule has 0 fully saturated rings. The van der Waals surface area contributed by atoms with Gasteiger partial charge in [0.25, 0.3) is 0 Å². The van der Waals surface area contributed by atoms with E-state index >= 15 is 0 Å². The third-order valence-electron chi connectivity index (χ3n) is 3.44. The first-order chi connectivity index (χ1) is 11.7. The van der Waals surface area contributed by atoms with Crippen LogP contribution in [0, 0.1) is 4.77 Å². The van der Waals surface area contributed by atoms with Gasteiger partial charge in [0, 0.05) is 17.2 Å². The first-order valence-electron chi connectivity index (χ1n) is 7.22. The van der Waals surface area contributed by atoms with E-state index in [-0.39, 0.29) is 0 Å². The minimum Gasteiger partial charge on any atom is -0.497 e. The van der Waals surface area contributed by atoms with Gasteiger partial charge in [0.2, 0.25) is 4.77 Å². The third-order valence-corrected chi connectivity index (χ3v) is 3.70. The van der Waals surface area contributed by atoms with Crippen LogP contribution in [0.5, 0.6) is 11.5 Å². The summed E-state index contributed by atoms with van der Waals surface area (Å²) in [5.74, 6) is 2.02. The number of hydrogen-bond acceptors (Lipinski definition) is 5. The summed E-state index contributed by atoms with van der Waals surface area (Å²) in [7, 11) is 3.21. The van der Waals surface area contributed by atoms with Crippen molar-refractivity contribution in [3.63, 3.8) is 0 Å². The number of methoxy groups -OCH3 is 2. The van der Waals surface area contributed by atoms with Gasteiger partial charge in [-0.15, -0.1) is 0 Å². The number of ether oxygens (including phenoxy) is 2. The van der Waals surface area contributed by atoms with Gasteiger partial charge < -0.3 is 9.47 Å². The maximum absolute atomic E-state index is 5.37. The molecule has 3 aromatic rings. The number of aromatic amines is 1. The lowest BCUT2D eigenvalue weighted by Gasteiger charge is -2.07. The molecule has 0 aliphatic heterocycles. The number of benzene rings is 2. The molecule has 2 aromatic carbocycles. The Morgan fingerprint density at radius 2 is 1.92 bits per heavy atom. The van der Waals surface area contributed by atoms with Crippen molar-refractivity contribution in [3.8, 4) is 22.9 Å². The molecule has 24 heavy (non-hydrogen) atoms. The molecule has 1 N–H and O–H groups in total. The zero-order valence-electron chi connectivity index (χ0n) is 13.3. The van der Waals surface area contributed by atoms with Crippen LogP contribution >= 0.6 is 12.2 Å². The average molecular weight is 340 g/mol. The maximum atomic E-state index is 5.37. The van der Waals surface area contributed by atoms with Gasteiger partial charge in [0.05, 0.1) is 20.4 Å². The van der Waals surface area contributed by atoms with Gasteiger partial charge in [0.15, 0.2) is 5.82 Å². The summed E-state index contributed by atoms with van der Waals surface area (Å²) in [5, 5.41) is 11.5. The number of H-pyrrole nitrogens is 1. The minimum absolute atomic E-state index is 0.414.